The molecule has 230 valence electrons. The van der Waals surface area contributed by atoms with Gasteiger partial charge in [-0.25, -0.2) is 8.42 Å². The summed E-state index contributed by atoms with van der Waals surface area (Å²) in [6.45, 7) is 5.31. The van der Waals surface area contributed by atoms with Gasteiger partial charge in [0.1, 0.15) is 0 Å². The number of methoxy groups -OCH3 is 1. The molecule has 2 N–H and O–H groups in total. The predicted molar refractivity (Wildman–Crippen MR) is 162 cm³/mol. The molecule has 0 saturated heterocycles. The van der Waals surface area contributed by atoms with Crippen LogP contribution in [0.3, 0.4) is 0 Å². The van der Waals surface area contributed by atoms with E-state index in [2.05, 4.69) is 32.1 Å². The number of hydrogen-bond donors (Lipinski definition) is 2. The van der Waals surface area contributed by atoms with Gasteiger partial charge < -0.3 is 14.9 Å². The number of sulfonamides is 1. The number of Topliss-reactive ketones (excluding diaryl/α,β-unsaturated/α-hetero) is 1. The molecule has 6 aliphatic carbocycles. The largest absolute Gasteiger partial charge is 0.393 e. The fourth-order valence-corrected chi connectivity index (χ4v) is 11.3. The van der Waals surface area contributed by atoms with Gasteiger partial charge >= 0.3 is 0 Å². The molecule has 0 aromatic heterocycles. The Balaban J connectivity index is 1.46. The number of allylic oxidation sites excluding steroid dienone is 4. The van der Waals surface area contributed by atoms with Crippen LogP contribution in [-0.2, 0) is 14.8 Å². The molecular weight excluding hydrogens is 550 g/mol. The SMILES string of the molecule is COCCCN(C[C@]1(O)CC[C@H]2[C@]34C=C[C@@]5(C=C3C(=O)c3ccccc3)CC(O)CC[C@]5(C)[C@H]4CC[C@@]21C)S(C)(=O)=O. The highest BCUT2D eigenvalue weighted by molar-refractivity contribution is 7.88. The fraction of sp³-hybridized carbons (Fsp3) is 0.676. The molecule has 0 radical (unpaired) electrons. The van der Waals surface area contributed by atoms with Crippen LogP contribution in [0.25, 0.3) is 0 Å². The minimum absolute atomic E-state index is 0.0220. The van der Waals surface area contributed by atoms with E-state index in [0.29, 0.717) is 44.4 Å². The third-order valence-corrected chi connectivity index (χ3v) is 13.9. The summed E-state index contributed by atoms with van der Waals surface area (Å²) in [7, 11) is -1.95. The Morgan fingerprint density at radius 1 is 1.02 bits per heavy atom. The molecule has 1 unspecified atom stereocenters. The number of aliphatic hydroxyl groups excluding tert-OH is 1. The summed E-state index contributed by atoms with van der Waals surface area (Å²) >= 11 is 0. The number of hydrogen-bond acceptors (Lipinski definition) is 6. The molecule has 3 fully saturated rings. The van der Waals surface area contributed by atoms with E-state index < -0.39 is 32.6 Å². The lowest BCUT2D eigenvalue weighted by atomic mass is 9.32. The standard InChI is InChI=1S/C34H47NO6S/c1-30-14-11-25(36)21-32(30)17-18-34(26(22-32)29(37)24-9-6-5-7-10-24)27(30)12-15-31(2)28(34)13-16-33(31,38)23-35(42(4,39)40)19-8-20-41-3/h5-7,9-10,17-18,22,25,27-28,36,38H,8,11-16,19-21,23H2,1-4H3/t25?,27-,28-,30-,31+,32+,33-,34-/m1/s1. The highest BCUT2D eigenvalue weighted by Gasteiger charge is 2.74. The molecule has 8 heteroatoms. The lowest BCUT2D eigenvalue weighted by Gasteiger charge is -2.71. The molecule has 0 aliphatic heterocycles. The number of rotatable bonds is 9. The summed E-state index contributed by atoms with van der Waals surface area (Å²) in [5.74, 6) is 0.207. The van der Waals surface area contributed by atoms with Crippen molar-refractivity contribution in [2.24, 2.45) is 33.5 Å². The van der Waals surface area contributed by atoms with Crippen molar-refractivity contribution >= 4 is 15.8 Å². The van der Waals surface area contributed by atoms with Gasteiger partial charge in [-0.2, -0.15) is 4.31 Å². The molecule has 3 saturated carbocycles. The van der Waals surface area contributed by atoms with Crippen LogP contribution in [-0.4, -0.2) is 73.5 Å². The third kappa shape index (κ3) is 4.12. The Labute approximate surface area is 251 Å². The van der Waals surface area contributed by atoms with E-state index in [1.807, 2.05) is 30.3 Å². The summed E-state index contributed by atoms with van der Waals surface area (Å²) in [6.07, 6.45) is 13.3. The van der Waals surface area contributed by atoms with Gasteiger partial charge in [-0.05, 0) is 68.6 Å². The number of carbonyl (C=O) groups excluding carboxylic acids is 1. The first kappa shape index (κ1) is 30.2. The number of ether oxygens (including phenoxy) is 1. The van der Waals surface area contributed by atoms with Crippen molar-refractivity contribution in [3.05, 3.63) is 59.7 Å². The second kappa shape index (κ2) is 10.1. The van der Waals surface area contributed by atoms with Gasteiger partial charge in [-0.15, -0.1) is 0 Å². The maximum absolute atomic E-state index is 14.5. The maximum Gasteiger partial charge on any atom is 0.211 e. The summed E-state index contributed by atoms with van der Waals surface area (Å²) in [5.41, 5.74) is -1.39. The van der Waals surface area contributed by atoms with Gasteiger partial charge in [0.05, 0.1) is 18.0 Å². The van der Waals surface area contributed by atoms with E-state index in [4.69, 9.17) is 4.74 Å². The zero-order valence-corrected chi connectivity index (χ0v) is 26.3. The monoisotopic (exact) mass is 597 g/mol. The normalized spacial score (nSPS) is 42.2. The van der Waals surface area contributed by atoms with Crippen molar-refractivity contribution in [1.82, 2.24) is 4.31 Å². The van der Waals surface area contributed by atoms with Crippen LogP contribution in [0, 0.1) is 33.5 Å². The molecule has 2 spiro atoms. The van der Waals surface area contributed by atoms with Crippen LogP contribution in [0.15, 0.2) is 54.1 Å². The summed E-state index contributed by atoms with van der Waals surface area (Å²) in [4.78, 5) is 14.5. The molecule has 1 aromatic carbocycles. The van der Waals surface area contributed by atoms with Crippen LogP contribution in [0.2, 0.25) is 0 Å². The number of aliphatic hydroxyl groups is 2. The molecule has 42 heavy (non-hydrogen) atoms. The summed E-state index contributed by atoms with van der Waals surface area (Å²) in [5, 5.41) is 23.4. The van der Waals surface area contributed by atoms with Crippen LogP contribution in [0.4, 0.5) is 0 Å². The molecule has 2 bridgehead atoms. The zero-order chi connectivity index (χ0) is 30.2. The van der Waals surface area contributed by atoms with Crippen LogP contribution in [0.5, 0.6) is 0 Å². The Morgan fingerprint density at radius 3 is 2.38 bits per heavy atom. The van der Waals surface area contributed by atoms with Crippen molar-refractivity contribution in [1.29, 1.82) is 0 Å². The van der Waals surface area contributed by atoms with E-state index in [1.54, 1.807) is 7.11 Å². The number of carbonyl (C=O) groups is 1. The van der Waals surface area contributed by atoms with Crippen molar-refractivity contribution in [3.8, 4) is 0 Å². The van der Waals surface area contributed by atoms with E-state index in [1.165, 1.54) is 10.6 Å². The van der Waals surface area contributed by atoms with Gasteiger partial charge in [0.25, 0.3) is 0 Å². The average molecular weight is 598 g/mol. The first-order valence-electron chi connectivity index (χ1n) is 15.6. The van der Waals surface area contributed by atoms with Crippen LogP contribution < -0.4 is 0 Å². The Hall–Kier alpha value is -1.84. The molecule has 0 heterocycles. The van der Waals surface area contributed by atoms with E-state index in [9.17, 15) is 23.4 Å². The van der Waals surface area contributed by atoms with Crippen LogP contribution in [0.1, 0.15) is 75.6 Å². The molecule has 0 amide bonds. The Morgan fingerprint density at radius 2 is 1.69 bits per heavy atom. The maximum atomic E-state index is 14.5. The highest BCUT2D eigenvalue weighted by atomic mass is 32.2. The number of benzene rings is 1. The van der Waals surface area contributed by atoms with Gasteiger partial charge in [0.15, 0.2) is 5.78 Å². The molecule has 1 aromatic rings. The second-order valence-electron chi connectivity index (χ2n) is 14.4. The lowest BCUT2D eigenvalue weighted by molar-refractivity contribution is -0.173. The zero-order valence-electron chi connectivity index (χ0n) is 25.5. The van der Waals surface area contributed by atoms with E-state index in [-0.39, 0.29) is 35.0 Å². The van der Waals surface area contributed by atoms with Crippen molar-refractivity contribution in [3.63, 3.8) is 0 Å². The topological polar surface area (TPSA) is 104 Å². The quantitative estimate of drug-likeness (QED) is 0.242. The van der Waals surface area contributed by atoms with Gasteiger partial charge in [0.2, 0.25) is 10.0 Å². The highest BCUT2D eigenvalue weighted by Crippen LogP contribution is 2.78. The summed E-state index contributed by atoms with van der Waals surface area (Å²) < 4.78 is 32.4. The minimum Gasteiger partial charge on any atom is -0.393 e. The molecule has 6 aliphatic rings. The molecule has 7 nitrogen and oxygen atoms in total. The van der Waals surface area contributed by atoms with Crippen LogP contribution >= 0.6 is 0 Å². The Bertz CT molecular complexity index is 1410. The molecular formula is C34H47NO6S. The first-order valence-corrected chi connectivity index (χ1v) is 17.5. The smallest absolute Gasteiger partial charge is 0.211 e. The van der Waals surface area contributed by atoms with Gasteiger partial charge in [-0.1, -0.05) is 62.4 Å². The fourth-order valence-electron chi connectivity index (χ4n) is 10.4. The lowest BCUT2D eigenvalue weighted by Crippen LogP contribution is -2.67. The third-order valence-electron chi connectivity index (χ3n) is 12.7. The van der Waals surface area contributed by atoms with Crippen molar-refractivity contribution in [2.75, 3.05) is 33.1 Å². The van der Waals surface area contributed by atoms with Gasteiger partial charge in [-0.3, -0.25) is 4.79 Å². The molecule has 7 rings (SSSR count). The van der Waals surface area contributed by atoms with Gasteiger partial charge in [0, 0.05) is 54.2 Å². The number of nitrogens with zero attached hydrogens (tertiary/aromatic N) is 1. The number of fused-ring (bicyclic) bond motifs is 1. The first-order chi connectivity index (χ1) is 19.8. The average Bonchev–Trinajstić information content (AvgIpc) is 3.22. The Kier molecular flexibility index (Phi) is 7.26. The van der Waals surface area contributed by atoms with Crippen molar-refractivity contribution < 1.29 is 28.2 Å². The minimum atomic E-state index is -3.55. The van der Waals surface area contributed by atoms with E-state index >= 15 is 0 Å². The molecule has 8 atom stereocenters. The second-order valence-corrected chi connectivity index (χ2v) is 16.4. The predicted octanol–water partition coefficient (Wildman–Crippen LogP) is 4.76. The summed E-state index contributed by atoms with van der Waals surface area (Å²) in [6, 6.07) is 9.47. The number of ketones is 1. The van der Waals surface area contributed by atoms with Crippen molar-refractivity contribution in [2.45, 2.75) is 76.9 Å². The van der Waals surface area contributed by atoms with E-state index in [0.717, 1.165) is 31.3 Å².